The first kappa shape index (κ1) is 28.7. The second-order valence-corrected chi connectivity index (χ2v) is 12.8. The number of aromatic nitrogens is 2. The summed E-state index contributed by atoms with van der Waals surface area (Å²) >= 11 is 5.18. The fourth-order valence-corrected chi connectivity index (χ4v) is 7.49. The van der Waals surface area contributed by atoms with Gasteiger partial charge in [0, 0.05) is 15.5 Å². The van der Waals surface area contributed by atoms with Crippen LogP contribution in [0.4, 0.5) is 0 Å². The SMILES string of the molecule is CCCCCCCCCCC1(CCCCCCCCCC)c2cc(Br)ccc2-c2c1ccc1nsnc21. The molecule has 2 nitrogen and oxygen atoms in total. The minimum atomic E-state index is 0.108. The van der Waals surface area contributed by atoms with E-state index in [2.05, 4.69) is 64.5 Å². The van der Waals surface area contributed by atoms with Crippen molar-refractivity contribution in [1.82, 2.24) is 8.75 Å². The summed E-state index contributed by atoms with van der Waals surface area (Å²) in [5.41, 5.74) is 8.09. The van der Waals surface area contributed by atoms with E-state index in [1.807, 2.05) is 0 Å². The molecule has 4 rings (SSSR count). The van der Waals surface area contributed by atoms with E-state index in [0.29, 0.717) is 0 Å². The van der Waals surface area contributed by atoms with Gasteiger partial charge in [0.15, 0.2) is 0 Å². The second kappa shape index (κ2) is 14.8. The van der Waals surface area contributed by atoms with Crippen LogP contribution in [0.5, 0.6) is 0 Å². The molecule has 0 bridgehead atoms. The van der Waals surface area contributed by atoms with Crippen LogP contribution < -0.4 is 0 Å². The molecule has 1 aliphatic carbocycles. The average molecular weight is 584 g/mol. The van der Waals surface area contributed by atoms with Crippen LogP contribution >= 0.6 is 27.7 Å². The van der Waals surface area contributed by atoms with Crippen LogP contribution in [0.3, 0.4) is 0 Å². The Balaban J connectivity index is 1.52. The molecule has 0 fully saturated rings. The fraction of sp³-hybridized carbons (Fsp3) is 0.636. The van der Waals surface area contributed by atoms with E-state index >= 15 is 0 Å². The molecule has 1 heterocycles. The van der Waals surface area contributed by atoms with Gasteiger partial charge in [-0.25, -0.2) is 0 Å². The maximum atomic E-state index is 4.79. The van der Waals surface area contributed by atoms with Crippen LogP contribution in [-0.4, -0.2) is 8.75 Å². The average Bonchev–Trinajstić information content (AvgIpc) is 3.48. The van der Waals surface area contributed by atoms with Crippen molar-refractivity contribution in [2.45, 2.75) is 135 Å². The highest BCUT2D eigenvalue weighted by molar-refractivity contribution is 9.10. The summed E-state index contributed by atoms with van der Waals surface area (Å²) in [5, 5.41) is 0. The molecular formula is C33H47BrN2S. The van der Waals surface area contributed by atoms with Crippen LogP contribution in [0.25, 0.3) is 22.2 Å². The van der Waals surface area contributed by atoms with E-state index in [0.717, 1.165) is 11.0 Å². The molecule has 1 aromatic heterocycles. The summed E-state index contributed by atoms with van der Waals surface area (Å²) in [6.45, 7) is 4.61. The Bertz CT molecular complexity index is 1080. The number of fused-ring (bicyclic) bond motifs is 5. The molecule has 0 saturated carbocycles. The lowest BCUT2D eigenvalue weighted by atomic mass is 9.70. The summed E-state index contributed by atoms with van der Waals surface area (Å²) in [6, 6.07) is 11.6. The lowest BCUT2D eigenvalue weighted by molar-refractivity contribution is 0.397. The van der Waals surface area contributed by atoms with E-state index in [4.69, 9.17) is 4.37 Å². The van der Waals surface area contributed by atoms with Gasteiger partial charge in [0.1, 0.15) is 11.0 Å². The van der Waals surface area contributed by atoms with E-state index in [9.17, 15) is 0 Å². The Morgan fingerprint density at radius 3 is 1.81 bits per heavy atom. The molecule has 3 aromatic rings. The van der Waals surface area contributed by atoms with Crippen molar-refractivity contribution in [3.05, 3.63) is 45.9 Å². The van der Waals surface area contributed by atoms with Gasteiger partial charge in [-0.05, 0) is 47.7 Å². The first-order valence-corrected chi connectivity index (χ1v) is 16.8. The second-order valence-electron chi connectivity index (χ2n) is 11.3. The van der Waals surface area contributed by atoms with Crippen LogP contribution in [0.2, 0.25) is 0 Å². The van der Waals surface area contributed by atoms with Gasteiger partial charge in [-0.2, -0.15) is 8.75 Å². The smallest absolute Gasteiger partial charge is 0.112 e. The standard InChI is InChI=1S/C33H47BrN2S/c1-3-5-7-9-11-13-15-17-23-33(24-18-16-14-12-10-8-6-4-2)28-21-22-30-32(36-37-35-30)31(28)27-20-19-26(34)25-29(27)33/h19-22,25H,3-18,23-24H2,1-2H3. The highest BCUT2D eigenvalue weighted by Crippen LogP contribution is 2.56. The van der Waals surface area contributed by atoms with Crippen LogP contribution in [-0.2, 0) is 5.41 Å². The number of rotatable bonds is 18. The Kier molecular flexibility index (Phi) is 11.5. The first-order chi connectivity index (χ1) is 18.2. The number of hydrogen-bond acceptors (Lipinski definition) is 3. The highest BCUT2D eigenvalue weighted by atomic mass is 79.9. The van der Waals surface area contributed by atoms with E-state index < -0.39 is 0 Å². The third-order valence-electron chi connectivity index (χ3n) is 8.62. The molecule has 0 atom stereocenters. The Morgan fingerprint density at radius 1 is 0.649 bits per heavy atom. The molecule has 2 aromatic carbocycles. The monoisotopic (exact) mass is 582 g/mol. The van der Waals surface area contributed by atoms with Crippen LogP contribution in [0.15, 0.2) is 34.8 Å². The van der Waals surface area contributed by atoms with Crippen molar-refractivity contribution >= 4 is 38.7 Å². The zero-order chi connectivity index (χ0) is 25.9. The molecule has 0 radical (unpaired) electrons. The first-order valence-electron chi connectivity index (χ1n) is 15.3. The largest absolute Gasteiger partial charge is 0.173 e. The normalized spacial score (nSPS) is 13.8. The van der Waals surface area contributed by atoms with Gasteiger partial charge in [0.05, 0.1) is 11.7 Å². The summed E-state index contributed by atoms with van der Waals surface area (Å²) in [7, 11) is 0. The Hall–Kier alpha value is -1.26. The Labute approximate surface area is 238 Å². The van der Waals surface area contributed by atoms with Crippen molar-refractivity contribution in [2.24, 2.45) is 0 Å². The summed E-state index contributed by atoms with van der Waals surface area (Å²) in [5.74, 6) is 0. The van der Waals surface area contributed by atoms with E-state index in [-0.39, 0.29) is 5.41 Å². The minimum Gasteiger partial charge on any atom is -0.173 e. The summed E-state index contributed by atoms with van der Waals surface area (Å²) in [6.07, 6.45) is 24.5. The predicted molar refractivity (Wildman–Crippen MR) is 166 cm³/mol. The molecular weight excluding hydrogens is 536 g/mol. The summed E-state index contributed by atoms with van der Waals surface area (Å²) in [4.78, 5) is 0. The van der Waals surface area contributed by atoms with Gasteiger partial charge >= 0.3 is 0 Å². The van der Waals surface area contributed by atoms with Gasteiger partial charge in [0.25, 0.3) is 0 Å². The number of unbranched alkanes of at least 4 members (excludes halogenated alkanes) is 14. The van der Waals surface area contributed by atoms with Gasteiger partial charge in [-0.3, -0.25) is 0 Å². The molecule has 0 unspecified atom stereocenters. The lowest BCUT2D eigenvalue weighted by Gasteiger charge is -2.33. The van der Waals surface area contributed by atoms with Crippen molar-refractivity contribution < 1.29 is 0 Å². The molecule has 202 valence electrons. The lowest BCUT2D eigenvalue weighted by Crippen LogP contribution is -2.25. The van der Waals surface area contributed by atoms with Crippen LogP contribution in [0, 0.1) is 0 Å². The molecule has 0 N–H and O–H groups in total. The molecule has 0 spiro atoms. The quantitative estimate of drug-likeness (QED) is 0.139. The van der Waals surface area contributed by atoms with Gasteiger partial charge < -0.3 is 0 Å². The van der Waals surface area contributed by atoms with Crippen molar-refractivity contribution in [2.75, 3.05) is 0 Å². The van der Waals surface area contributed by atoms with Crippen molar-refractivity contribution in [3.63, 3.8) is 0 Å². The predicted octanol–water partition coefficient (Wildman–Crippen LogP) is 11.8. The van der Waals surface area contributed by atoms with E-state index in [1.165, 1.54) is 154 Å². The van der Waals surface area contributed by atoms with Gasteiger partial charge in [-0.1, -0.05) is 145 Å². The molecule has 0 aliphatic heterocycles. The number of halogens is 1. The van der Waals surface area contributed by atoms with Gasteiger partial charge in [-0.15, -0.1) is 0 Å². The minimum absolute atomic E-state index is 0.108. The molecule has 37 heavy (non-hydrogen) atoms. The number of benzene rings is 2. The van der Waals surface area contributed by atoms with Gasteiger partial charge in [0.2, 0.25) is 0 Å². The van der Waals surface area contributed by atoms with Crippen molar-refractivity contribution in [3.8, 4) is 11.1 Å². The zero-order valence-electron chi connectivity index (χ0n) is 23.3. The maximum Gasteiger partial charge on any atom is 0.112 e. The Morgan fingerprint density at radius 2 is 1.22 bits per heavy atom. The maximum absolute atomic E-state index is 4.79. The fourth-order valence-electron chi connectivity index (χ4n) is 6.58. The zero-order valence-corrected chi connectivity index (χ0v) is 25.7. The topological polar surface area (TPSA) is 25.8 Å². The highest BCUT2D eigenvalue weighted by Gasteiger charge is 2.43. The number of hydrogen-bond donors (Lipinski definition) is 0. The van der Waals surface area contributed by atoms with Crippen LogP contribution in [0.1, 0.15) is 141 Å². The molecule has 0 saturated heterocycles. The number of nitrogens with zero attached hydrogens (tertiary/aromatic N) is 2. The molecule has 4 heteroatoms. The third-order valence-corrected chi connectivity index (χ3v) is 9.66. The van der Waals surface area contributed by atoms with Crippen molar-refractivity contribution in [1.29, 1.82) is 0 Å². The summed E-state index contributed by atoms with van der Waals surface area (Å²) < 4.78 is 10.6. The van der Waals surface area contributed by atoms with E-state index in [1.54, 1.807) is 0 Å². The molecule has 1 aliphatic rings. The molecule has 0 amide bonds. The third kappa shape index (κ3) is 7.04.